The van der Waals surface area contributed by atoms with Crippen molar-refractivity contribution in [2.24, 2.45) is 0 Å². The Bertz CT molecular complexity index is 874. The van der Waals surface area contributed by atoms with E-state index >= 15 is 0 Å². The molecule has 1 heterocycles. The monoisotopic (exact) mass is 492 g/mol. The number of hydrogen-bond donors (Lipinski definition) is 1. The van der Waals surface area contributed by atoms with E-state index in [9.17, 15) is 9.59 Å². The molecule has 1 saturated heterocycles. The number of halogens is 2. The van der Waals surface area contributed by atoms with Crippen molar-refractivity contribution in [1.82, 2.24) is 10.2 Å². The van der Waals surface area contributed by atoms with Crippen molar-refractivity contribution in [2.45, 2.75) is 20.0 Å². The number of amides is 3. The highest BCUT2D eigenvalue weighted by atomic mass is 79.9. The van der Waals surface area contributed by atoms with E-state index in [1.165, 1.54) is 4.90 Å². The first-order valence-electron chi connectivity index (χ1n) is 8.50. The second kappa shape index (κ2) is 8.71. The van der Waals surface area contributed by atoms with Gasteiger partial charge in [-0.3, -0.25) is 9.69 Å². The molecule has 27 heavy (non-hydrogen) atoms. The van der Waals surface area contributed by atoms with E-state index in [1.54, 1.807) is 6.08 Å². The summed E-state index contributed by atoms with van der Waals surface area (Å²) in [6.07, 6.45) is 2.38. The molecular weight excluding hydrogens is 476 g/mol. The zero-order valence-corrected chi connectivity index (χ0v) is 17.8. The summed E-state index contributed by atoms with van der Waals surface area (Å²) >= 11 is 7.04. The fraction of sp³-hybridized carbons (Fsp3) is 0.200. The van der Waals surface area contributed by atoms with Crippen LogP contribution in [0, 0.1) is 0 Å². The van der Waals surface area contributed by atoms with Crippen LogP contribution in [0.2, 0.25) is 0 Å². The predicted octanol–water partition coefficient (Wildman–Crippen LogP) is 5.09. The highest BCUT2D eigenvalue weighted by Gasteiger charge is 2.32. The number of nitrogens with zero attached hydrogens (tertiary/aromatic N) is 1. The van der Waals surface area contributed by atoms with E-state index < -0.39 is 0 Å². The Balaban J connectivity index is 1.78. The van der Waals surface area contributed by atoms with Gasteiger partial charge in [0.2, 0.25) is 0 Å². The third kappa shape index (κ3) is 4.59. The van der Waals surface area contributed by atoms with Crippen LogP contribution in [0.15, 0.2) is 57.1 Å². The number of hydrogen-bond acceptors (Lipinski definition) is 3. The van der Waals surface area contributed by atoms with Gasteiger partial charge in [0.1, 0.15) is 18.1 Å². The molecule has 0 aromatic heterocycles. The fourth-order valence-electron chi connectivity index (χ4n) is 2.70. The van der Waals surface area contributed by atoms with Crippen LogP contribution < -0.4 is 10.1 Å². The van der Waals surface area contributed by atoms with E-state index in [0.717, 1.165) is 26.5 Å². The van der Waals surface area contributed by atoms with Gasteiger partial charge in [-0.2, -0.15) is 0 Å². The molecule has 2 aromatic rings. The summed E-state index contributed by atoms with van der Waals surface area (Å²) in [6, 6.07) is 13.2. The van der Waals surface area contributed by atoms with E-state index in [4.69, 9.17) is 4.74 Å². The van der Waals surface area contributed by atoms with Crippen LogP contribution in [0.1, 0.15) is 24.5 Å². The molecule has 0 saturated carbocycles. The van der Waals surface area contributed by atoms with Crippen molar-refractivity contribution < 1.29 is 14.3 Å². The number of carbonyl (C=O) groups is 2. The smallest absolute Gasteiger partial charge is 0.329 e. The molecule has 1 aliphatic heterocycles. The van der Waals surface area contributed by atoms with Gasteiger partial charge in [0.25, 0.3) is 5.91 Å². The van der Waals surface area contributed by atoms with Crippen molar-refractivity contribution in [3.63, 3.8) is 0 Å². The van der Waals surface area contributed by atoms with Crippen LogP contribution in [0.5, 0.6) is 5.75 Å². The van der Waals surface area contributed by atoms with Gasteiger partial charge >= 0.3 is 6.03 Å². The fourth-order valence-corrected chi connectivity index (χ4v) is 4.15. The van der Waals surface area contributed by atoms with Crippen LogP contribution in [-0.2, 0) is 11.4 Å². The summed E-state index contributed by atoms with van der Waals surface area (Å²) in [5.41, 5.74) is 2.10. The quantitative estimate of drug-likeness (QED) is 0.450. The molecule has 0 bridgehead atoms. The minimum atomic E-state index is -0.381. The standard InChI is InChI=1S/C20H18Br2N2O3/c1-2-8-24-19(25)17(23-20(24)26)11-14-9-15(21)18(16(22)10-14)27-12-13-6-4-3-5-7-13/h3-7,9-11H,2,8,12H2,1H3,(H,23,26)/b17-11+. The van der Waals surface area contributed by atoms with Crippen LogP contribution in [0.3, 0.4) is 0 Å². The molecule has 1 fully saturated rings. The van der Waals surface area contributed by atoms with Crippen molar-refractivity contribution in [3.05, 3.63) is 68.2 Å². The summed E-state index contributed by atoms with van der Waals surface area (Å²) in [4.78, 5) is 25.4. The summed E-state index contributed by atoms with van der Waals surface area (Å²) < 4.78 is 7.41. The second-order valence-electron chi connectivity index (χ2n) is 6.03. The molecule has 0 spiro atoms. The Labute approximate surface area is 174 Å². The van der Waals surface area contributed by atoms with Gasteiger partial charge in [-0.15, -0.1) is 0 Å². The Morgan fingerprint density at radius 3 is 2.41 bits per heavy atom. The van der Waals surface area contributed by atoms with Gasteiger partial charge in [0.15, 0.2) is 0 Å². The summed E-state index contributed by atoms with van der Waals surface area (Å²) in [5, 5.41) is 2.62. The van der Waals surface area contributed by atoms with Crippen molar-refractivity contribution in [1.29, 1.82) is 0 Å². The van der Waals surface area contributed by atoms with Gasteiger partial charge in [0.05, 0.1) is 8.95 Å². The maximum absolute atomic E-state index is 12.3. The molecule has 7 heteroatoms. The average Bonchev–Trinajstić information content (AvgIpc) is 2.90. The van der Waals surface area contributed by atoms with E-state index in [0.29, 0.717) is 18.9 Å². The number of benzene rings is 2. The first-order chi connectivity index (χ1) is 13.0. The van der Waals surface area contributed by atoms with E-state index in [-0.39, 0.29) is 17.6 Å². The predicted molar refractivity (Wildman–Crippen MR) is 111 cm³/mol. The maximum atomic E-state index is 12.3. The third-order valence-electron chi connectivity index (χ3n) is 3.97. The Hall–Kier alpha value is -2.12. The molecule has 1 N–H and O–H groups in total. The lowest BCUT2D eigenvalue weighted by molar-refractivity contribution is -0.122. The van der Waals surface area contributed by atoms with E-state index in [2.05, 4.69) is 37.2 Å². The number of imide groups is 1. The third-order valence-corrected chi connectivity index (χ3v) is 5.15. The van der Waals surface area contributed by atoms with Gasteiger partial charge in [-0.1, -0.05) is 37.3 Å². The lowest BCUT2D eigenvalue weighted by atomic mass is 10.2. The molecule has 3 rings (SSSR count). The molecule has 5 nitrogen and oxygen atoms in total. The summed E-state index contributed by atoms with van der Waals surface area (Å²) in [7, 11) is 0. The molecule has 3 amide bonds. The number of ether oxygens (including phenoxy) is 1. The number of nitrogens with one attached hydrogen (secondary N) is 1. The molecule has 2 aromatic carbocycles. The SMILES string of the molecule is CCCN1C(=O)N/C(=C/c2cc(Br)c(OCc3ccccc3)c(Br)c2)C1=O. The van der Waals surface area contributed by atoms with Crippen molar-refractivity contribution in [3.8, 4) is 5.75 Å². The van der Waals surface area contributed by atoms with E-state index in [1.807, 2.05) is 49.4 Å². The van der Waals surface area contributed by atoms with Crippen LogP contribution >= 0.6 is 31.9 Å². The lowest BCUT2D eigenvalue weighted by Crippen LogP contribution is -2.31. The first kappa shape index (κ1) is 19.6. The van der Waals surface area contributed by atoms with Crippen LogP contribution in [-0.4, -0.2) is 23.4 Å². The molecule has 0 unspecified atom stereocenters. The normalized spacial score (nSPS) is 15.4. The average molecular weight is 494 g/mol. The lowest BCUT2D eigenvalue weighted by Gasteiger charge is -2.12. The maximum Gasteiger partial charge on any atom is 0.329 e. The van der Waals surface area contributed by atoms with Gasteiger partial charge in [-0.05, 0) is 67.6 Å². The van der Waals surface area contributed by atoms with Crippen LogP contribution in [0.25, 0.3) is 6.08 Å². The van der Waals surface area contributed by atoms with Crippen molar-refractivity contribution in [2.75, 3.05) is 6.54 Å². The van der Waals surface area contributed by atoms with Gasteiger partial charge in [0, 0.05) is 6.54 Å². The number of urea groups is 1. The van der Waals surface area contributed by atoms with Gasteiger partial charge in [-0.25, -0.2) is 4.79 Å². The molecule has 1 aliphatic rings. The summed E-state index contributed by atoms with van der Waals surface area (Å²) in [5.74, 6) is 0.369. The number of carbonyl (C=O) groups excluding carboxylic acids is 2. The minimum Gasteiger partial charge on any atom is -0.487 e. The largest absolute Gasteiger partial charge is 0.487 e. The minimum absolute atomic E-state index is 0.269. The first-order valence-corrected chi connectivity index (χ1v) is 10.1. The molecular formula is C20H18Br2N2O3. The Morgan fingerprint density at radius 2 is 1.78 bits per heavy atom. The zero-order valence-electron chi connectivity index (χ0n) is 14.7. The summed E-state index contributed by atoms with van der Waals surface area (Å²) in [6.45, 7) is 2.77. The molecule has 0 aliphatic carbocycles. The Kier molecular flexibility index (Phi) is 6.34. The molecule has 0 atom stereocenters. The second-order valence-corrected chi connectivity index (χ2v) is 7.74. The number of rotatable bonds is 6. The highest BCUT2D eigenvalue weighted by molar-refractivity contribution is 9.11. The van der Waals surface area contributed by atoms with Crippen LogP contribution in [0.4, 0.5) is 4.79 Å². The zero-order chi connectivity index (χ0) is 19.4. The highest BCUT2D eigenvalue weighted by Crippen LogP contribution is 2.36. The molecule has 140 valence electrons. The van der Waals surface area contributed by atoms with Crippen molar-refractivity contribution >= 4 is 49.9 Å². The van der Waals surface area contributed by atoms with Gasteiger partial charge < -0.3 is 10.1 Å². The Morgan fingerprint density at radius 1 is 1.11 bits per heavy atom. The molecule has 0 radical (unpaired) electrons. The topological polar surface area (TPSA) is 58.6 Å².